The molecule has 2 aliphatic rings. The molecule has 2 aliphatic carbocycles. The Bertz CT molecular complexity index is 642. The number of halogens is 2. The van der Waals surface area contributed by atoms with Crippen LogP contribution in [0.4, 0.5) is 8.78 Å². The van der Waals surface area contributed by atoms with Gasteiger partial charge < -0.3 is 5.11 Å². The molecule has 144 valence electrons. The van der Waals surface area contributed by atoms with Crippen LogP contribution in [0.5, 0.6) is 0 Å². The second kappa shape index (κ2) is 7.66. The highest BCUT2D eigenvalue weighted by Crippen LogP contribution is 2.59. The summed E-state index contributed by atoms with van der Waals surface area (Å²) in [7, 11) is 0. The van der Waals surface area contributed by atoms with Crippen LogP contribution in [0.1, 0.15) is 83.1 Å². The van der Waals surface area contributed by atoms with E-state index < -0.39 is 28.4 Å². The first-order valence-corrected chi connectivity index (χ1v) is 10.1. The van der Waals surface area contributed by atoms with Gasteiger partial charge in [-0.15, -0.1) is 0 Å². The molecule has 0 unspecified atom stereocenters. The molecule has 1 aromatic carbocycles. The maximum absolute atomic E-state index is 14.1. The molecule has 0 aromatic heterocycles. The number of carbonyl (C=O) groups is 1. The summed E-state index contributed by atoms with van der Waals surface area (Å²) in [6.07, 6.45) is 9.89. The van der Waals surface area contributed by atoms with Crippen molar-refractivity contribution in [2.24, 2.45) is 11.3 Å². The van der Waals surface area contributed by atoms with E-state index in [1.807, 2.05) is 0 Å². The van der Waals surface area contributed by atoms with E-state index in [1.165, 1.54) is 12.1 Å². The Morgan fingerprint density at radius 3 is 2.27 bits per heavy atom. The Hall–Kier alpha value is -1.45. The summed E-state index contributed by atoms with van der Waals surface area (Å²) in [6.45, 7) is 2.18. The van der Waals surface area contributed by atoms with Crippen LogP contribution < -0.4 is 0 Å². The molecule has 0 aliphatic heterocycles. The number of carboxylic acids is 1. The summed E-state index contributed by atoms with van der Waals surface area (Å²) in [6, 6.07) is 4.08. The number of carboxylic acid groups (broad SMARTS) is 1. The number of benzene rings is 1. The van der Waals surface area contributed by atoms with Crippen molar-refractivity contribution in [1.82, 2.24) is 0 Å². The standard InChI is InChI=1S/C22H30F2O2/c1-2-6-16-9-13-21(14-10-16,17-7-8-18(23)19(24)15-17)22(20(25)26)11-4-3-5-12-22/h7-8,15-16H,2-6,9-14H2,1H3,(H,25,26). The van der Waals surface area contributed by atoms with Gasteiger partial charge in [-0.1, -0.05) is 45.1 Å². The second-order valence-corrected chi connectivity index (χ2v) is 8.39. The second-order valence-electron chi connectivity index (χ2n) is 8.39. The van der Waals surface area contributed by atoms with Gasteiger partial charge in [-0.25, -0.2) is 8.78 Å². The van der Waals surface area contributed by atoms with E-state index in [-0.39, 0.29) is 0 Å². The number of hydrogen-bond donors (Lipinski definition) is 1. The molecule has 3 rings (SSSR count). The van der Waals surface area contributed by atoms with Crippen LogP contribution in [-0.4, -0.2) is 11.1 Å². The Kier molecular flexibility index (Phi) is 5.69. The summed E-state index contributed by atoms with van der Waals surface area (Å²) in [5.41, 5.74) is -0.749. The van der Waals surface area contributed by atoms with Crippen LogP contribution in [-0.2, 0) is 10.2 Å². The Morgan fingerprint density at radius 2 is 1.73 bits per heavy atom. The highest BCUT2D eigenvalue weighted by molar-refractivity contribution is 5.77. The van der Waals surface area contributed by atoms with E-state index in [0.717, 1.165) is 57.8 Å². The molecule has 0 spiro atoms. The number of hydrogen-bond acceptors (Lipinski definition) is 1. The van der Waals surface area contributed by atoms with E-state index in [1.54, 1.807) is 6.07 Å². The van der Waals surface area contributed by atoms with E-state index in [4.69, 9.17) is 0 Å². The van der Waals surface area contributed by atoms with Gasteiger partial charge in [-0.05, 0) is 62.1 Å². The van der Waals surface area contributed by atoms with Crippen LogP contribution in [0.25, 0.3) is 0 Å². The fraction of sp³-hybridized carbons (Fsp3) is 0.682. The summed E-state index contributed by atoms with van der Waals surface area (Å²) in [5.74, 6) is -1.87. The molecule has 2 nitrogen and oxygen atoms in total. The van der Waals surface area contributed by atoms with Crippen LogP contribution in [0.15, 0.2) is 18.2 Å². The average Bonchev–Trinajstić information content (AvgIpc) is 2.65. The van der Waals surface area contributed by atoms with Crippen molar-refractivity contribution in [2.75, 3.05) is 0 Å². The lowest BCUT2D eigenvalue weighted by Gasteiger charge is -2.53. The van der Waals surface area contributed by atoms with Gasteiger partial charge in [0.25, 0.3) is 0 Å². The van der Waals surface area contributed by atoms with Gasteiger partial charge in [-0.3, -0.25) is 4.79 Å². The predicted octanol–water partition coefficient (Wildman–Crippen LogP) is 6.23. The Balaban J connectivity index is 2.07. The topological polar surface area (TPSA) is 37.3 Å². The van der Waals surface area contributed by atoms with E-state index >= 15 is 0 Å². The minimum atomic E-state index is -0.867. The molecule has 26 heavy (non-hydrogen) atoms. The van der Waals surface area contributed by atoms with Gasteiger partial charge in [0.15, 0.2) is 11.6 Å². The number of rotatable bonds is 5. The molecular weight excluding hydrogens is 334 g/mol. The van der Waals surface area contributed by atoms with Gasteiger partial charge in [0.05, 0.1) is 5.41 Å². The quantitative estimate of drug-likeness (QED) is 0.672. The van der Waals surface area contributed by atoms with Gasteiger partial charge in [0, 0.05) is 5.41 Å². The van der Waals surface area contributed by atoms with Crippen molar-refractivity contribution in [1.29, 1.82) is 0 Å². The monoisotopic (exact) mass is 364 g/mol. The van der Waals surface area contributed by atoms with Crippen LogP contribution in [0.2, 0.25) is 0 Å². The molecule has 2 saturated carbocycles. The van der Waals surface area contributed by atoms with Gasteiger partial charge in [0.2, 0.25) is 0 Å². The van der Waals surface area contributed by atoms with Gasteiger partial charge >= 0.3 is 5.97 Å². The third-order valence-electron chi connectivity index (χ3n) is 7.16. The third kappa shape index (κ3) is 3.16. The fourth-order valence-electron chi connectivity index (χ4n) is 5.76. The molecule has 1 aromatic rings. The highest BCUT2D eigenvalue weighted by atomic mass is 19.2. The molecule has 4 heteroatoms. The van der Waals surface area contributed by atoms with Crippen LogP contribution in [0.3, 0.4) is 0 Å². The predicted molar refractivity (Wildman–Crippen MR) is 98.1 cm³/mol. The zero-order valence-electron chi connectivity index (χ0n) is 15.7. The lowest BCUT2D eigenvalue weighted by atomic mass is 9.49. The molecule has 0 bridgehead atoms. The Morgan fingerprint density at radius 1 is 1.08 bits per heavy atom. The first-order valence-electron chi connectivity index (χ1n) is 10.1. The molecule has 1 N–H and O–H groups in total. The lowest BCUT2D eigenvalue weighted by molar-refractivity contribution is -0.159. The van der Waals surface area contributed by atoms with Crippen molar-refractivity contribution < 1.29 is 18.7 Å². The average molecular weight is 364 g/mol. The molecule has 0 saturated heterocycles. The summed E-state index contributed by atoms with van der Waals surface area (Å²) in [4.78, 5) is 12.5. The normalized spacial score (nSPS) is 28.7. The molecular formula is C22H30F2O2. The molecule has 0 heterocycles. The minimum Gasteiger partial charge on any atom is -0.481 e. The summed E-state index contributed by atoms with van der Waals surface area (Å²) in [5, 5.41) is 10.3. The smallest absolute Gasteiger partial charge is 0.310 e. The van der Waals surface area contributed by atoms with Crippen molar-refractivity contribution in [3.05, 3.63) is 35.4 Å². The van der Waals surface area contributed by atoms with E-state index in [2.05, 4.69) is 6.92 Å². The summed E-state index contributed by atoms with van der Waals surface area (Å²) >= 11 is 0. The molecule has 0 radical (unpaired) electrons. The SMILES string of the molecule is CCCC1CCC(c2ccc(F)c(F)c2)(C2(C(=O)O)CCCCC2)CC1. The zero-order valence-corrected chi connectivity index (χ0v) is 15.7. The van der Waals surface area contributed by atoms with Crippen molar-refractivity contribution >= 4 is 5.97 Å². The van der Waals surface area contributed by atoms with Gasteiger partial charge in [-0.2, -0.15) is 0 Å². The number of aliphatic carboxylic acids is 1. The van der Waals surface area contributed by atoms with Crippen molar-refractivity contribution in [2.45, 2.75) is 83.0 Å². The first-order chi connectivity index (χ1) is 12.4. The van der Waals surface area contributed by atoms with Gasteiger partial charge in [0.1, 0.15) is 0 Å². The third-order valence-corrected chi connectivity index (χ3v) is 7.16. The van der Waals surface area contributed by atoms with Crippen LogP contribution >= 0.6 is 0 Å². The molecule has 2 fully saturated rings. The van der Waals surface area contributed by atoms with Crippen LogP contribution in [0, 0.1) is 23.0 Å². The maximum Gasteiger partial charge on any atom is 0.310 e. The fourth-order valence-corrected chi connectivity index (χ4v) is 5.76. The zero-order chi connectivity index (χ0) is 18.8. The lowest BCUT2D eigenvalue weighted by Crippen LogP contribution is -2.53. The summed E-state index contributed by atoms with van der Waals surface area (Å²) < 4.78 is 27.6. The van der Waals surface area contributed by atoms with Crippen molar-refractivity contribution in [3.8, 4) is 0 Å². The Labute approximate surface area is 155 Å². The molecule has 0 atom stereocenters. The van der Waals surface area contributed by atoms with E-state index in [0.29, 0.717) is 24.3 Å². The highest BCUT2D eigenvalue weighted by Gasteiger charge is 2.58. The van der Waals surface area contributed by atoms with Crippen molar-refractivity contribution in [3.63, 3.8) is 0 Å². The largest absolute Gasteiger partial charge is 0.481 e. The maximum atomic E-state index is 14.1. The molecule has 0 amide bonds. The van der Waals surface area contributed by atoms with E-state index in [9.17, 15) is 18.7 Å². The minimum absolute atomic E-state index is 0.585. The first kappa shape index (κ1) is 19.3.